The van der Waals surface area contributed by atoms with Gasteiger partial charge in [0.2, 0.25) is 0 Å². The first-order chi connectivity index (χ1) is 9.29. The van der Waals surface area contributed by atoms with E-state index in [0.29, 0.717) is 12.1 Å². The summed E-state index contributed by atoms with van der Waals surface area (Å²) in [5.74, 6) is 0. The number of nitrogens with one attached hydrogen (secondary N) is 1. The Morgan fingerprint density at radius 2 is 2.16 bits per heavy atom. The highest BCUT2D eigenvalue weighted by Crippen LogP contribution is 2.31. The molecular weight excluding hydrogens is 302 g/mol. The number of halogens is 1. The summed E-state index contributed by atoms with van der Waals surface area (Å²) in [7, 11) is 0. The van der Waals surface area contributed by atoms with Crippen molar-refractivity contribution in [3.63, 3.8) is 0 Å². The predicted molar refractivity (Wildman–Crippen MR) is 80.1 cm³/mol. The molecular formula is C15H18BrN3. The van der Waals surface area contributed by atoms with Crippen molar-refractivity contribution in [1.82, 2.24) is 4.90 Å². The summed E-state index contributed by atoms with van der Waals surface area (Å²) in [6.45, 7) is 2.44. The van der Waals surface area contributed by atoms with E-state index >= 15 is 0 Å². The van der Waals surface area contributed by atoms with Crippen LogP contribution in [0.25, 0.3) is 0 Å². The van der Waals surface area contributed by atoms with Crippen molar-refractivity contribution in [3.8, 4) is 6.07 Å². The van der Waals surface area contributed by atoms with Gasteiger partial charge in [-0.2, -0.15) is 5.26 Å². The molecule has 4 heteroatoms. The highest BCUT2D eigenvalue weighted by Gasteiger charge is 2.35. The van der Waals surface area contributed by atoms with Gasteiger partial charge in [-0.1, -0.05) is 12.5 Å². The number of benzene rings is 1. The van der Waals surface area contributed by atoms with E-state index in [0.717, 1.165) is 15.7 Å². The Bertz CT molecular complexity index is 509. The quantitative estimate of drug-likeness (QED) is 0.908. The SMILES string of the molecule is N#Cc1c(Br)cccc1NC1CCN2CCCCC12. The third-order valence-electron chi connectivity index (χ3n) is 4.32. The molecule has 0 amide bonds. The number of anilines is 1. The van der Waals surface area contributed by atoms with Crippen molar-refractivity contribution in [3.05, 3.63) is 28.2 Å². The number of nitriles is 1. The second-order valence-electron chi connectivity index (χ2n) is 5.41. The van der Waals surface area contributed by atoms with Crippen LogP contribution in [0.4, 0.5) is 5.69 Å². The van der Waals surface area contributed by atoms with Crippen molar-refractivity contribution in [2.75, 3.05) is 18.4 Å². The third kappa shape index (κ3) is 2.50. The van der Waals surface area contributed by atoms with Gasteiger partial charge in [0, 0.05) is 23.1 Å². The van der Waals surface area contributed by atoms with Gasteiger partial charge in [-0.25, -0.2) is 0 Å². The zero-order valence-electron chi connectivity index (χ0n) is 10.9. The monoisotopic (exact) mass is 319 g/mol. The van der Waals surface area contributed by atoms with Crippen molar-refractivity contribution >= 4 is 21.6 Å². The maximum Gasteiger partial charge on any atom is 0.103 e. The second kappa shape index (κ2) is 5.52. The molecule has 2 saturated heterocycles. The zero-order valence-corrected chi connectivity index (χ0v) is 12.5. The molecule has 0 bridgehead atoms. The number of fused-ring (bicyclic) bond motifs is 1. The third-order valence-corrected chi connectivity index (χ3v) is 4.98. The van der Waals surface area contributed by atoms with Gasteiger partial charge in [0.25, 0.3) is 0 Å². The molecule has 1 aromatic carbocycles. The van der Waals surface area contributed by atoms with E-state index in [1.54, 1.807) is 0 Å². The Balaban J connectivity index is 1.79. The van der Waals surface area contributed by atoms with Gasteiger partial charge in [0.1, 0.15) is 6.07 Å². The Morgan fingerprint density at radius 3 is 3.00 bits per heavy atom. The smallest absolute Gasteiger partial charge is 0.103 e. The fourth-order valence-electron chi connectivity index (χ4n) is 3.37. The van der Waals surface area contributed by atoms with Crippen LogP contribution in [0.3, 0.4) is 0 Å². The molecule has 100 valence electrons. The molecule has 2 aliphatic heterocycles. The lowest BCUT2D eigenvalue weighted by atomic mass is 9.98. The minimum Gasteiger partial charge on any atom is -0.380 e. The van der Waals surface area contributed by atoms with Crippen LogP contribution in [0.2, 0.25) is 0 Å². The molecule has 3 rings (SSSR count). The van der Waals surface area contributed by atoms with Gasteiger partial charge >= 0.3 is 0 Å². The summed E-state index contributed by atoms with van der Waals surface area (Å²) in [6.07, 6.45) is 5.14. The summed E-state index contributed by atoms with van der Waals surface area (Å²) in [5.41, 5.74) is 1.69. The predicted octanol–water partition coefficient (Wildman–Crippen LogP) is 3.36. The second-order valence-corrected chi connectivity index (χ2v) is 6.27. The molecule has 3 nitrogen and oxygen atoms in total. The van der Waals surface area contributed by atoms with Crippen molar-refractivity contribution in [1.29, 1.82) is 5.26 Å². The average molecular weight is 320 g/mol. The number of hydrogen-bond donors (Lipinski definition) is 1. The highest BCUT2D eigenvalue weighted by atomic mass is 79.9. The number of rotatable bonds is 2. The Hall–Kier alpha value is -1.05. The Morgan fingerprint density at radius 1 is 1.26 bits per heavy atom. The average Bonchev–Trinajstić information content (AvgIpc) is 2.83. The summed E-state index contributed by atoms with van der Waals surface area (Å²) in [5, 5.41) is 12.9. The van der Waals surface area contributed by atoms with E-state index < -0.39 is 0 Å². The molecule has 0 radical (unpaired) electrons. The van der Waals surface area contributed by atoms with Crippen LogP contribution in [0.5, 0.6) is 0 Å². The summed E-state index contributed by atoms with van der Waals surface area (Å²) < 4.78 is 0.874. The van der Waals surface area contributed by atoms with Crippen LogP contribution < -0.4 is 5.32 Å². The van der Waals surface area contributed by atoms with E-state index in [2.05, 4.69) is 32.2 Å². The lowest BCUT2D eigenvalue weighted by Crippen LogP contribution is -2.41. The molecule has 0 saturated carbocycles. The first kappa shape index (κ1) is 13.0. The fraction of sp³-hybridized carbons (Fsp3) is 0.533. The molecule has 2 heterocycles. The lowest BCUT2D eigenvalue weighted by molar-refractivity contribution is 0.193. The van der Waals surface area contributed by atoms with Crippen LogP contribution in [-0.4, -0.2) is 30.1 Å². The van der Waals surface area contributed by atoms with Crippen LogP contribution in [0.1, 0.15) is 31.2 Å². The van der Waals surface area contributed by atoms with Crippen LogP contribution >= 0.6 is 15.9 Å². The van der Waals surface area contributed by atoms with E-state index in [1.165, 1.54) is 38.8 Å². The van der Waals surface area contributed by atoms with Crippen LogP contribution in [0, 0.1) is 11.3 Å². The van der Waals surface area contributed by atoms with E-state index in [9.17, 15) is 5.26 Å². The first-order valence-electron chi connectivity index (χ1n) is 6.99. The van der Waals surface area contributed by atoms with Gasteiger partial charge in [-0.05, 0) is 53.9 Å². The first-order valence-corrected chi connectivity index (χ1v) is 7.78. The molecule has 0 aromatic heterocycles. The minimum absolute atomic E-state index is 0.488. The van der Waals surface area contributed by atoms with Crippen LogP contribution in [-0.2, 0) is 0 Å². The molecule has 2 aliphatic rings. The molecule has 1 N–H and O–H groups in total. The summed E-state index contributed by atoms with van der Waals surface area (Å²) in [6, 6.07) is 9.34. The molecule has 2 atom stereocenters. The normalized spacial score (nSPS) is 26.7. The van der Waals surface area contributed by atoms with E-state index in [-0.39, 0.29) is 0 Å². The van der Waals surface area contributed by atoms with Crippen LogP contribution in [0.15, 0.2) is 22.7 Å². The number of nitrogens with zero attached hydrogens (tertiary/aromatic N) is 2. The lowest BCUT2D eigenvalue weighted by Gasteiger charge is -2.33. The summed E-state index contributed by atoms with van der Waals surface area (Å²) >= 11 is 3.45. The highest BCUT2D eigenvalue weighted by molar-refractivity contribution is 9.10. The van der Waals surface area contributed by atoms with E-state index in [4.69, 9.17) is 0 Å². The zero-order chi connectivity index (χ0) is 13.2. The standard InChI is InChI=1S/C15H18BrN3/c16-12-4-3-5-13(11(12)10-17)18-14-7-9-19-8-2-1-6-15(14)19/h3-5,14-15,18H,1-2,6-9H2. The molecule has 0 spiro atoms. The molecule has 19 heavy (non-hydrogen) atoms. The molecule has 2 unspecified atom stereocenters. The van der Waals surface area contributed by atoms with Gasteiger partial charge < -0.3 is 5.32 Å². The number of piperidine rings is 1. The number of hydrogen-bond acceptors (Lipinski definition) is 3. The van der Waals surface area contributed by atoms with Gasteiger partial charge in [0.05, 0.1) is 11.3 Å². The largest absolute Gasteiger partial charge is 0.380 e. The maximum absolute atomic E-state index is 9.28. The minimum atomic E-state index is 0.488. The topological polar surface area (TPSA) is 39.1 Å². The maximum atomic E-state index is 9.28. The Labute approximate surface area is 122 Å². The van der Waals surface area contributed by atoms with E-state index in [1.807, 2.05) is 18.2 Å². The molecule has 1 aromatic rings. The Kier molecular flexibility index (Phi) is 3.76. The molecule has 2 fully saturated rings. The van der Waals surface area contributed by atoms with Crippen molar-refractivity contribution in [2.45, 2.75) is 37.8 Å². The van der Waals surface area contributed by atoms with Crippen molar-refractivity contribution < 1.29 is 0 Å². The van der Waals surface area contributed by atoms with Crippen molar-refractivity contribution in [2.24, 2.45) is 0 Å². The van der Waals surface area contributed by atoms with Gasteiger partial charge in [-0.15, -0.1) is 0 Å². The molecule has 0 aliphatic carbocycles. The van der Waals surface area contributed by atoms with Gasteiger partial charge in [-0.3, -0.25) is 4.90 Å². The fourth-order valence-corrected chi connectivity index (χ4v) is 3.83. The summed E-state index contributed by atoms with van der Waals surface area (Å²) in [4.78, 5) is 2.60. The van der Waals surface area contributed by atoms with Gasteiger partial charge in [0.15, 0.2) is 0 Å².